The number of piperazine rings is 1. The molecule has 7 heteroatoms. The topological polar surface area (TPSA) is 60.4 Å². The summed E-state index contributed by atoms with van der Waals surface area (Å²) < 4.78 is 5.56. The smallest absolute Gasteiger partial charge is 0.251 e. The molecule has 7 nitrogen and oxygen atoms in total. The summed E-state index contributed by atoms with van der Waals surface area (Å²) in [5.41, 5.74) is 0. The summed E-state index contributed by atoms with van der Waals surface area (Å²) in [5.74, 6) is 2.02. The molecule has 3 aliphatic rings. The molecule has 0 bridgehead atoms. The Morgan fingerprint density at radius 3 is 2.39 bits per heavy atom. The number of hydrogen-bond donors (Lipinski definition) is 1. The molecule has 1 N–H and O–H groups in total. The van der Waals surface area contributed by atoms with Crippen molar-refractivity contribution in [3.8, 4) is 0 Å². The van der Waals surface area contributed by atoms with Crippen molar-refractivity contribution in [2.24, 2.45) is 10.9 Å². The minimum Gasteiger partial charge on any atom is -0.368 e. The van der Waals surface area contributed by atoms with Gasteiger partial charge in [-0.2, -0.15) is 0 Å². The van der Waals surface area contributed by atoms with Gasteiger partial charge in [-0.05, 0) is 58.5 Å². The van der Waals surface area contributed by atoms with E-state index in [4.69, 9.17) is 9.73 Å². The molecule has 0 saturated carbocycles. The van der Waals surface area contributed by atoms with Crippen molar-refractivity contribution in [3.05, 3.63) is 0 Å². The molecule has 3 rings (SSSR count). The average molecular weight is 394 g/mol. The second-order valence-corrected chi connectivity index (χ2v) is 8.58. The maximum atomic E-state index is 12.5. The first-order valence-corrected chi connectivity index (χ1v) is 11.3. The van der Waals surface area contributed by atoms with E-state index in [1.54, 1.807) is 0 Å². The van der Waals surface area contributed by atoms with Gasteiger partial charge in [-0.25, -0.2) is 0 Å². The number of nitrogens with zero attached hydrogens (tertiary/aromatic N) is 4. The maximum absolute atomic E-state index is 12.5. The van der Waals surface area contributed by atoms with Crippen LogP contribution in [-0.2, 0) is 9.53 Å². The second kappa shape index (κ2) is 10.4. The Morgan fingerprint density at radius 2 is 1.79 bits per heavy atom. The fourth-order valence-electron chi connectivity index (χ4n) is 4.34. The first kappa shape index (κ1) is 21.4. The maximum Gasteiger partial charge on any atom is 0.251 e. The lowest BCUT2D eigenvalue weighted by Gasteiger charge is -2.38. The van der Waals surface area contributed by atoms with Crippen molar-refractivity contribution in [1.29, 1.82) is 0 Å². The minimum atomic E-state index is -0.207. The van der Waals surface area contributed by atoms with Crippen LogP contribution in [0.25, 0.3) is 0 Å². The Balaban J connectivity index is 1.49. The first-order valence-electron chi connectivity index (χ1n) is 11.3. The summed E-state index contributed by atoms with van der Waals surface area (Å²) in [7, 11) is 0. The molecular weight excluding hydrogens is 354 g/mol. The highest BCUT2D eigenvalue weighted by molar-refractivity contribution is 5.82. The predicted octanol–water partition coefficient (Wildman–Crippen LogP) is 1.40. The van der Waals surface area contributed by atoms with Crippen LogP contribution in [0.2, 0.25) is 0 Å². The van der Waals surface area contributed by atoms with E-state index < -0.39 is 0 Å². The lowest BCUT2D eigenvalue weighted by Crippen LogP contribution is -2.55. The van der Waals surface area contributed by atoms with E-state index in [0.717, 1.165) is 70.6 Å². The predicted molar refractivity (Wildman–Crippen MR) is 113 cm³/mol. The lowest BCUT2D eigenvalue weighted by molar-refractivity contribution is -0.142. The number of carbonyl (C=O) groups is 1. The van der Waals surface area contributed by atoms with E-state index in [1.807, 2.05) is 4.90 Å². The zero-order valence-electron chi connectivity index (χ0n) is 18.0. The number of piperidine rings is 1. The summed E-state index contributed by atoms with van der Waals surface area (Å²) >= 11 is 0. The molecule has 2 unspecified atom stereocenters. The number of likely N-dealkylation sites (tertiary alicyclic amines) is 1. The average Bonchev–Trinajstić information content (AvgIpc) is 3.26. The van der Waals surface area contributed by atoms with Gasteiger partial charge >= 0.3 is 0 Å². The Bertz CT molecular complexity index is 519. The molecular formula is C21H39N5O2. The van der Waals surface area contributed by atoms with Gasteiger partial charge in [0.2, 0.25) is 0 Å². The Hall–Kier alpha value is -1.34. The van der Waals surface area contributed by atoms with E-state index in [9.17, 15) is 4.79 Å². The van der Waals surface area contributed by atoms with Gasteiger partial charge in [-0.15, -0.1) is 0 Å². The molecule has 2 atom stereocenters. The van der Waals surface area contributed by atoms with Gasteiger partial charge in [0.25, 0.3) is 5.91 Å². The van der Waals surface area contributed by atoms with Crippen molar-refractivity contribution in [2.45, 2.75) is 58.6 Å². The highest BCUT2D eigenvalue weighted by atomic mass is 16.5. The van der Waals surface area contributed by atoms with E-state index in [1.165, 1.54) is 25.9 Å². The first-order chi connectivity index (χ1) is 13.6. The SMILES string of the molecule is CCNC(=NCC(C)N1CCC(C)CC1)N1CCN(C(=O)C2CCCO2)CC1. The quantitative estimate of drug-likeness (QED) is 0.565. The van der Waals surface area contributed by atoms with Crippen molar-refractivity contribution in [1.82, 2.24) is 20.0 Å². The van der Waals surface area contributed by atoms with Crippen molar-refractivity contribution >= 4 is 11.9 Å². The van der Waals surface area contributed by atoms with E-state index >= 15 is 0 Å². The zero-order valence-corrected chi connectivity index (χ0v) is 18.0. The summed E-state index contributed by atoms with van der Waals surface area (Å²) in [6, 6.07) is 0.475. The molecule has 3 aliphatic heterocycles. The van der Waals surface area contributed by atoms with Crippen LogP contribution < -0.4 is 5.32 Å². The lowest BCUT2D eigenvalue weighted by atomic mass is 9.98. The highest BCUT2D eigenvalue weighted by Crippen LogP contribution is 2.18. The highest BCUT2D eigenvalue weighted by Gasteiger charge is 2.31. The molecule has 0 aromatic rings. The number of aliphatic imine (C=N–C) groups is 1. The molecule has 3 fully saturated rings. The van der Waals surface area contributed by atoms with Gasteiger partial charge in [-0.3, -0.25) is 14.7 Å². The standard InChI is InChI=1S/C21H39N5O2/c1-4-22-21(23-16-18(3)24-9-7-17(2)8-10-24)26-13-11-25(12-14-26)20(27)19-6-5-15-28-19/h17-19H,4-16H2,1-3H3,(H,22,23). The van der Waals surface area contributed by atoms with Gasteiger partial charge in [0.05, 0.1) is 6.54 Å². The molecule has 0 aromatic heterocycles. The van der Waals surface area contributed by atoms with Gasteiger partial charge in [0.15, 0.2) is 5.96 Å². The zero-order chi connectivity index (χ0) is 19.9. The Labute approximate surface area is 170 Å². The van der Waals surface area contributed by atoms with Crippen LogP contribution in [0.4, 0.5) is 0 Å². The largest absolute Gasteiger partial charge is 0.368 e. The van der Waals surface area contributed by atoms with Gasteiger partial charge in [0.1, 0.15) is 6.10 Å². The normalized spacial score (nSPS) is 26.5. The minimum absolute atomic E-state index is 0.173. The second-order valence-electron chi connectivity index (χ2n) is 8.58. The molecule has 3 heterocycles. The van der Waals surface area contributed by atoms with Crippen LogP contribution in [0.5, 0.6) is 0 Å². The molecule has 0 aromatic carbocycles. The number of ether oxygens (including phenoxy) is 1. The van der Waals surface area contributed by atoms with Crippen molar-refractivity contribution in [2.75, 3.05) is 59.0 Å². The van der Waals surface area contributed by atoms with E-state index in [2.05, 4.69) is 35.9 Å². The molecule has 160 valence electrons. The molecule has 1 amide bonds. The van der Waals surface area contributed by atoms with Gasteiger partial charge in [0, 0.05) is 45.4 Å². The summed E-state index contributed by atoms with van der Waals surface area (Å²) in [6.07, 6.45) is 4.27. The number of amides is 1. The third-order valence-electron chi connectivity index (χ3n) is 6.38. The van der Waals surface area contributed by atoms with E-state index in [0.29, 0.717) is 6.04 Å². The molecule has 0 spiro atoms. The van der Waals surface area contributed by atoms with Crippen molar-refractivity contribution in [3.63, 3.8) is 0 Å². The fraction of sp³-hybridized carbons (Fsp3) is 0.905. The van der Waals surface area contributed by atoms with E-state index in [-0.39, 0.29) is 12.0 Å². The fourth-order valence-corrected chi connectivity index (χ4v) is 4.34. The monoisotopic (exact) mass is 393 g/mol. The van der Waals surface area contributed by atoms with Crippen molar-refractivity contribution < 1.29 is 9.53 Å². The van der Waals surface area contributed by atoms with Crippen LogP contribution >= 0.6 is 0 Å². The molecule has 0 aliphatic carbocycles. The van der Waals surface area contributed by atoms with Crippen LogP contribution in [0, 0.1) is 5.92 Å². The van der Waals surface area contributed by atoms with Gasteiger partial charge < -0.3 is 19.9 Å². The summed E-state index contributed by atoms with van der Waals surface area (Å²) in [6.45, 7) is 14.7. The van der Waals surface area contributed by atoms with Crippen LogP contribution in [0.1, 0.15) is 46.5 Å². The Morgan fingerprint density at radius 1 is 1.11 bits per heavy atom. The summed E-state index contributed by atoms with van der Waals surface area (Å²) in [4.78, 5) is 24.3. The number of nitrogens with one attached hydrogen (secondary N) is 1. The Kier molecular flexibility index (Phi) is 7.97. The van der Waals surface area contributed by atoms with Gasteiger partial charge in [-0.1, -0.05) is 6.92 Å². The third kappa shape index (κ3) is 5.60. The summed E-state index contributed by atoms with van der Waals surface area (Å²) in [5, 5.41) is 3.45. The molecule has 28 heavy (non-hydrogen) atoms. The molecule has 0 radical (unpaired) electrons. The number of carbonyl (C=O) groups excluding carboxylic acids is 1. The van der Waals surface area contributed by atoms with Crippen LogP contribution in [0.3, 0.4) is 0 Å². The number of hydrogen-bond acceptors (Lipinski definition) is 4. The van der Waals surface area contributed by atoms with Crippen LogP contribution in [-0.4, -0.2) is 97.7 Å². The number of guanidine groups is 1. The van der Waals surface area contributed by atoms with Crippen LogP contribution in [0.15, 0.2) is 4.99 Å². The molecule has 3 saturated heterocycles. The third-order valence-corrected chi connectivity index (χ3v) is 6.38. The number of rotatable bonds is 5.